The van der Waals surface area contributed by atoms with Crippen molar-refractivity contribution in [3.05, 3.63) is 47.5 Å². The van der Waals surface area contributed by atoms with Gasteiger partial charge in [0.2, 0.25) is 5.91 Å². The summed E-state index contributed by atoms with van der Waals surface area (Å²) >= 11 is 7.07. The number of anilines is 1. The molecule has 1 aromatic heterocycles. The van der Waals surface area contributed by atoms with E-state index < -0.39 is 5.82 Å². The SMILES string of the molecule is C=CCn1c(CC2CCCCC2)nnc1SCC(=O)Nc1ccc(F)c(Cl)c1. The van der Waals surface area contributed by atoms with Crippen LogP contribution < -0.4 is 5.32 Å². The zero-order valence-corrected chi connectivity index (χ0v) is 17.2. The molecule has 1 N–H and O–H groups in total. The molecule has 0 saturated heterocycles. The molecule has 28 heavy (non-hydrogen) atoms. The van der Waals surface area contributed by atoms with Gasteiger partial charge in [0.05, 0.1) is 10.8 Å². The number of carbonyl (C=O) groups is 1. The molecule has 1 amide bonds. The molecule has 1 fully saturated rings. The minimum Gasteiger partial charge on any atom is -0.325 e. The fourth-order valence-corrected chi connectivity index (χ4v) is 4.39. The summed E-state index contributed by atoms with van der Waals surface area (Å²) in [5, 5.41) is 12.0. The van der Waals surface area contributed by atoms with E-state index in [2.05, 4.69) is 22.1 Å². The molecule has 8 heteroatoms. The van der Waals surface area contributed by atoms with E-state index in [1.54, 1.807) is 0 Å². The Balaban J connectivity index is 1.60. The topological polar surface area (TPSA) is 59.8 Å². The minimum absolute atomic E-state index is 0.0245. The van der Waals surface area contributed by atoms with Crippen LogP contribution in [0.3, 0.4) is 0 Å². The van der Waals surface area contributed by atoms with E-state index in [4.69, 9.17) is 11.6 Å². The average molecular weight is 423 g/mol. The van der Waals surface area contributed by atoms with Crippen molar-refractivity contribution in [3.63, 3.8) is 0 Å². The van der Waals surface area contributed by atoms with Crippen molar-refractivity contribution in [2.24, 2.45) is 5.92 Å². The molecule has 150 valence electrons. The first-order valence-corrected chi connectivity index (χ1v) is 10.8. The molecule has 1 aromatic carbocycles. The number of hydrogen-bond donors (Lipinski definition) is 1. The van der Waals surface area contributed by atoms with Crippen LogP contribution in [-0.4, -0.2) is 26.4 Å². The summed E-state index contributed by atoms with van der Waals surface area (Å²) in [7, 11) is 0. The standard InChI is InChI=1S/C20H24ClFN4OS/c1-2-10-26-18(11-14-6-4-3-5-7-14)24-25-20(26)28-13-19(27)23-15-8-9-17(22)16(21)12-15/h2,8-9,12,14H,1,3-7,10-11,13H2,(H,23,27). The van der Waals surface area contributed by atoms with E-state index in [-0.39, 0.29) is 16.7 Å². The van der Waals surface area contributed by atoms with Crippen molar-refractivity contribution >= 4 is 35.0 Å². The van der Waals surface area contributed by atoms with Crippen molar-refractivity contribution < 1.29 is 9.18 Å². The van der Waals surface area contributed by atoms with Gasteiger partial charge in [-0.1, -0.05) is 61.5 Å². The Labute approximate surface area is 173 Å². The van der Waals surface area contributed by atoms with E-state index in [1.165, 1.54) is 62.1 Å². The number of thioether (sulfide) groups is 1. The van der Waals surface area contributed by atoms with Gasteiger partial charge in [-0.25, -0.2) is 4.39 Å². The Kier molecular flexibility index (Phi) is 7.50. The first-order valence-electron chi connectivity index (χ1n) is 9.47. The average Bonchev–Trinajstić information content (AvgIpc) is 3.06. The highest BCUT2D eigenvalue weighted by Gasteiger charge is 2.19. The van der Waals surface area contributed by atoms with Crippen molar-refractivity contribution in [3.8, 4) is 0 Å². The Morgan fingerprint density at radius 3 is 2.86 bits per heavy atom. The largest absolute Gasteiger partial charge is 0.325 e. The molecule has 3 rings (SSSR count). The third kappa shape index (κ3) is 5.58. The fraction of sp³-hybridized carbons (Fsp3) is 0.450. The monoisotopic (exact) mass is 422 g/mol. The number of aromatic nitrogens is 3. The number of amides is 1. The molecule has 0 unspecified atom stereocenters. The Bertz CT molecular complexity index is 836. The number of nitrogens with one attached hydrogen (secondary N) is 1. The molecule has 0 atom stereocenters. The van der Waals surface area contributed by atoms with Crippen molar-refractivity contribution in [1.82, 2.24) is 14.8 Å². The molecule has 1 saturated carbocycles. The smallest absolute Gasteiger partial charge is 0.234 e. The van der Waals surface area contributed by atoms with Gasteiger partial charge >= 0.3 is 0 Å². The maximum absolute atomic E-state index is 13.2. The maximum Gasteiger partial charge on any atom is 0.234 e. The lowest BCUT2D eigenvalue weighted by Crippen LogP contribution is -2.15. The van der Waals surface area contributed by atoms with Crippen molar-refractivity contribution in [1.29, 1.82) is 0 Å². The van der Waals surface area contributed by atoms with Crippen molar-refractivity contribution in [2.75, 3.05) is 11.1 Å². The van der Waals surface area contributed by atoms with Crippen LogP contribution in [0.15, 0.2) is 36.0 Å². The molecule has 0 aliphatic heterocycles. The maximum atomic E-state index is 13.2. The Hall–Kier alpha value is -1.86. The lowest BCUT2D eigenvalue weighted by Gasteiger charge is -2.21. The van der Waals surface area contributed by atoms with Gasteiger partial charge in [-0.2, -0.15) is 0 Å². The molecule has 1 aliphatic rings. The number of allylic oxidation sites excluding steroid dienone is 1. The van der Waals surface area contributed by atoms with Gasteiger partial charge in [0.1, 0.15) is 11.6 Å². The highest BCUT2D eigenvalue weighted by atomic mass is 35.5. The predicted molar refractivity (Wildman–Crippen MR) is 111 cm³/mol. The predicted octanol–water partition coefficient (Wildman–Crippen LogP) is 5.11. The normalized spacial score (nSPS) is 14.8. The second-order valence-electron chi connectivity index (χ2n) is 6.97. The van der Waals surface area contributed by atoms with E-state index in [9.17, 15) is 9.18 Å². The third-order valence-electron chi connectivity index (χ3n) is 4.84. The fourth-order valence-electron chi connectivity index (χ4n) is 3.44. The van der Waals surface area contributed by atoms with E-state index in [0.717, 1.165) is 12.2 Å². The van der Waals surface area contributed by atoms with Crippen LogP contribution in [-0.2, 0) is 17.8 Å². The number of carbonyl (C=O) groups excluding carboxylic acids is 1. The summed E-state index contributed by atoms with van der Waals surface area (Å²) in [6.45, 7) is 4.44. The zero-order chi connectivity index (χ0) is 19.9. The second kappa shape index (κ2) is 10.1. The van der Waals surface area contributed by atoms with Crippen LogP contribution >= 0.6 is 23.4 Å². The van der Waals surface area contributed by atoms with Gasteiger partial charge < -0.3 is 9.88 Å². The van der Waals surface area contributed by atoms with Gasteiger partial charge in [0.15, 0.2) is 5.16 Å². The van der Waals surface area contributed by atoms with Gasteiger partial charge in [0.25, 0.3) is 0 Å². The first-order chi connectivity index (χ1) is 13.6. The summed E-state index contributed by atoms with van der Waals surface area (Å²) in [5.41, 5.74) is 0.461. The van der Waals surface area contributed by atoms with E-state index in [0.29, 0.717) is 23.3 Å². The highest BCUT2D eigenvalue weighted by molar-refractivity contribution is 7.99. The quantitative estimate of drug-likeness (QED) is 0.474. The molecule has 0 radical (unpaired) electrons. The summed E-state index contributed by atoms with van der Waals surface area (Å²) in [6.07, 6.45) is 9.12. The zero-order valence-electron chi connectivity index (χ0n) is 15.7. The molecule has 0 spiro atoms. The highest BCUT2D eigenvalue weighted by Crippen LogP contribution is 2.28. The van der Waals surface area contributed by atoms with Crippen LogP contribution in [0.5, 0.6) is 0 Å². The summed E-state index contributed by atoms with van der Waals surface area (Å²) in [5.74, 6) is 1.06. The van der Waals surface area contributed by atoms with Gasteiger partial charge in [0, 0.05) is 18.7 Å². The molecular weight excluding hydrogens is 399 g/mol. The summed E-state index contributed by atoms with van der Waals surface area (Å²) < 4.78 is 15.3. The molecular formula is C20H24ClFN4OS. The number of hydrogen-bond acceptors (Lipinski definition) is 4. The van der Waals surface area contributed by atoms with Gasteiger partial charge in [-0.05, 0) is 24.1 Å². The van der Waals surface area contributed by atoms with Gasteiger partial charge in [-0.15, -0.1) is 16.8 Å². The summed E-state index contributed by atoms with van der Waals surface area (Å²) in [4.78, 5) is 12.2. The first kappa shape index (κ1) is 20.9. The van der Waals surface area contributed by atoms with Crippen LogP contribution in [0.2, 0.25) is 5.02 Å². The van der Waals surface area contributed by atoms with E-state index in [1.807, 2.05) is 10.6 Å². The molecule has 2 aromatic rings. The number of benzene rings is 1. The number of halogens is 2. The lowest BCUT2D eigenvalue weighted by atomic mass is 9.87. The summed E-state index contributed by atoms with van der Waals surface area (Å²) in [6, 6.07) is 4.09. The van der Waals surface area contributed by atoms with Crippen LogP contribution in [0.4, 0.5) is 10.1 Å². The van der Waals surface area contributed by atoms with E-state index >= 15 is 0 Å². The van der Waals surface area contributed by atoms with Gasteiger partial charge in [-0.3, -0.25) is 4.79 Å². The molecule has 5 nitrogen and oxygen atoms in total. The molecule has 1 heterocycles. The lowest BCUT2D eigenvalue weighted by molar-refractivity contribution is -0.113. The Morgan fingerprint density at radius 2 is 2.14 bits per heavy atom. The van der Waals surface area contributed by atoms with Crippen LogP contribution in [0.25, 0.3) is 0 Å². The minimum atomic E-state index is -0.517. The Morgan fingerprint density at radius 1 is 1.36 bits per heavy atom. The second-order valence-corrected chi connectivity index (χ2v) is 8.32. The van der Waals surface area contributed by atoms with Crippen molar-refractivity contribution in [2.45, 2.75) is 50.2 Å². The molecule has 0 bridgehead atoms. The van der Waals surface area contributed by atoms with Crippen LogP contribution in [0.1, 0.15) is 37.9 Å². The third-order valence-corrected chi connectivity index (χ3v) is 6.09. The number of nitrogens with zero attached hydrogens (tertiary/aromatic N) is 3. The number of rotatable bonds is 8. The molecule has 1 aliphatic carbocycles. The van der Waals surface area contributed by atoms with Crippen LogP contribution in [0, 0.1) is 11.7 Å².